The molecule has 0 aliphatic heterocycles. The van der Waals surface area contributed by atoms with Crippen LogP contribution < -0.4 is 10.6 Å². The second-order valence-electron chi connectivity index (χ2n) is 4.39. The summed E-state index contributed by atoms with van der Waals surface area (Å²) in [5.41, 5.74) is 1.13. The predicted molar refractivity (Wildman–Crippen MR) is 75.4 cm³/mol. The lowest BCUT2D eigenvalue weighted by molar-refractivity contribution is -0.127. The van der Waals surface area contributed by atoms with Gasteiger partial charge in [0.25, 0.3) is 0 Å². The van der Waals surface area contributed by atoms with Crippen molar-refractivity contribution in [2.75, 3.05) is 6.54 Å². The van der Waals surface area contributed by atoms with E-state index in [0.717, 1.165) is 12.0 Å². The van der Waals surface area contributed by atoms with Crippen LogP contribution in [-0.4, -0.2) is 18.4 Å². The minimum atomic E-state index is -0.683. The van der Waals surface area contributed by atoms with Gasteiger partial charge in [0, 0.05) is 12.1 Å². The van der Waals surface area contributed by atoms with Gasteiger partial charge in [0.15, 0.2) is 0 Å². The minimum absolute atomic E-state index is 0.206. The number of carbonyl (C=O) groups excluding carboxylic acids is 2. The highest BCUT2D eigenvalue weighted by molar-refractivity contribution is 5.96. The Kier molecular flexibility index (Phi) is 5.79. The van der Waals surface area contributed by atoms with Crippen LogP contribution in [0.4, 0.5) is 0 Å². The number of hydrogen-bond acceptors (Lipinski definition) is 2. The van der Waals surface area contributed by atoms with Crippen LogP contribution in [-0.2, 0) is 9.59 Å². The third kappa shape index (κ3) is 4.58. The molecule has 0 radical (unpaired) electrons. The van der Waals surface area contributed by atoms with Gasteiger partial charge in [-0.15, -0.1) is 0 Å². The molecule has 0 aromatic heterocycles. The molecule has 0 spiro atoms. The molecule has 0 aliphatic rings. The van der Waals surface area contributed by atoms with Crippen LogP contribution in [0.3, 0.4) is 0 Å². The summed E-state index contributed by atoms with van der Waals surface area (Å²) in [6.45, 7) is 7.76. The third-order valence-electron chi connectivity index (χ3n) is 2.61. The van der Waals surface area contributed by atoms with Crippen molar-refractivity contribution in [1.82, 2.24) is 10.6 Å². The van der Waals surface area contributed by atoms with E-state index in [0.29, 0.717) is 12.1 Å². The van der Waals surface area contributed by atoms with Gasteiger partial charge in [-0.05, 0) is 18.9 Å². The Morgan fingerprint density at radius 3 is 2.42 bits per heavy atom. The Bertz CT molecular complexity index is 454. The van der Waals surface area contributed by atoms with E-state index < -0.39 is 6.04 Å². The summed E-state index contributed by atoms with van der Waals surface area (Å²) < 4.78 is 0. The normalized spacial score (nSPS) is 11.5. The highest BCUT2D eigenvalue weighted by Gasteiger charge is 2.22. The minimum Gasteiger partial charge on any atom is -0.354 e. The molecule has 102 valence electrons. The van der Waals surface area contributed by atoms with Crippen molar-refractivity contribution in [2.24, 2.45) is 0 Å². The van der Waals surface area contributed by atoms with Crippen LogP contribution in [0.1, 0.15) is 31.9 Å². The van der Waals surface area contributed by atoms with Gasteiger partial charge in [-0.2, -0.15) is 0 Å². The highest BCUT2D eigenvalue weighted by atomic mass is 16.2. The van der Waals surface area contributed by atoms with Gasteiger partial charge >= 0.3 is 0 Å². The van der Waals surface area contributed by atoms with E-state index in [-0.39, 0.29) is 11.8 Å². The Balaban J connectivity index is 2.88. The van der Waals surface area contributed by atoms with Crippen LogP contribution in [0, 0.1) is 0 Å². The molecule has 19 heavy (non-hydrogen) atoms. The van der Waals surface area contributed by atoms with Crippen LogP contribution in [0.25, 0.3) is 0 Å². The van der Waals surface area contributed by atoms with Crippen molar-refractivity contribution in [3.8, 4) is 0 Å². The van der Waals surface area contributed by atoms with E-state index in [1.807, 2.05) is 37.3 Å². The van der Waals surface area contributed by atoms with E-state index >= 15 is 0 Å². The fraction of sp³-hybridized carbons (Fsp3) is 0.333. The van der Waals surface area contributed by atoms with Crippen molar-refractivity contribution in [3.05, 3.63) is 48.0 Å². The molecule has 0 bridgehead atoms. The average molecular weight is 260 g/mol. The molecule has 0 saturated carbocycles. The first-order chi connectivity index (χ1) is 9.06. The fourth-order valence-electron chi connectivity index (χ4n) is 1.55. The van der Waals surface area contributed by atoms with Gasteiger partial charge in [-0.25, -0.2) is 0 Å². The topological polar surface area (TPSA) is 58.2 Å². The van der Waals surface area contributed by atoms with E-state index in [4.69, 9.17) is 0 Å². The Hall–Kier alpha value is -2.10. The van der Waals surface area contributed by atoms with Gasteiger partial charge in [-0.3, -0.25) is 9.59 Å². The van der Waals surface area contributed by atoms with Gasteiger partial charge in [0.05, 0.1) is 0 Å². The molecule has 2 amide bonds. The van der Waals surface area contributed by atoms with Crippen molar-refractivity contribution in [3.63, 3.8) is 0 Å². The summed E-state index contributed by atoms with van der Waals surface area (Å²) in [7, 11) is 0. The quantitative estimate of drug-likeness (QED) is 0.768. The first kappa shape index (κ1) is 15.0. The second-order valence-corrected chi connectivity index (χ2v) is 4.39. The number of rotatable bonds is 6. The second kappa shape index (κ2) is 7.36. The summed E-state index contributed by atoms with van der Waals surface area (Å²) in [6.07, 6.45) is 0.849. The lowest BCUT2D eigenvalue weighted by Crippen LogP contribution is -2.40. The summed E-state index contributed by atoms with van der Waals surface area (Å²) in [4.78, 5) is 23.8. The zero-order valence-corrected chi connectivity index (χ0v) is 11.4. The number of hydrogen-bond donors (Lipinski definition) is 2. The maximum Gasteiger partial charge on any atom is 0.247 e. The van der Waals surface area contributed by atoms with Crippen LogP contribution >= 0.6 is 0 Å². The molecule has 1 aromatic rings. The van der Waals surface area contributed by atoms with Crippen molar-refractivity contribution in [1.29, 1.82) is 0 Å². The first-order valence-electron chi connectivity index (χ1n) is 6.35. The molecule has 1 atom stereocenters. The summed E-state index contributed by atoms with van der Waals surface area (Å²) >= 11 is 0. The molecule has 1 aromatic carbocycles. The SMILES string of the molecule is C=C(C)C(=O)NC(C(=O)NCCC)c1ccccc1. The number of nitrogens with one attached hydrogen (secondary N) is 2. The summed E-state index contributed by atoms with van der Waals surface area (Å²) in [5.74, 6) is -0.525. The average Bonchev–Trinajstić information content (AvgIpc) is 2.42. The van der Waals surface area contributed by atoms with Crippen molar-refractivity contribution >= 4 is 11.8 Å². The molecular formula is C15H20N2O2. The Labute approximate surface area is 113 Å². The van der Waals surface area contributed by atoms with E-state index in [2.05, 4.69) is 17.2 Å². The molecule has 4 heteroatoms. The number of benzene rings is 1. The van der Waals surface area contributed by atoms with Crippen molar-refractivity contribution < 1.29 is 9.59 Å². The largest absolute Gasteiger partial charge is 0.354 e. The van der Waals surface area contributed by atoms with Crippen LogP contribution in [0.5, 0.6) is 0 Å². The maximum atomic E-state index is 12.1. The molecule has 0 heterocycles. The maximum absolute atomic E-state index is 12.1. The van der Waals surface area contributed by atoms with Gasteiger partial charge in [0.1, 0.15) is 6.04 Å². The van der Waals surface area contributed by atoms with E-state index in [1.165, 1.54) is 0 Å². The van der Waals surface area contributed by atoms with Crippen LogP contribution in [0.2, 0.25) is 0 Å². The molecule has 0 saturated heterocycles. The van der Waals surface area contributed by atoms with Gasteiger partial charge < -0.3 is 10.6 Å². The molecule has 2 N–H and O–H groups in total. The Morgan fingerprint density at radius 1 is 1.26 bits per heavy atom. The monoisotopic (exact) mass is 260 g/mol. The standard InChI is InChI=1S/C15H20N2O2/c1-4-10-16-15(19)13(17-14(18)11(2)3)12-8-6-5-7-9-12/h5-9,13H,2,4,10H2,1,3H3,(H,16,19)(H,17,18). The zero-order valence-electron chi connectivity index (χ0n) is 11.4. The fourth-order valence-corrected chi connectivity index (χ4v) is 1.55. The molecule has 4 nitrogen and oxygen atoms in total. The molecule has 0 fully saturated rings. The highest BCUT2D eigenvalue weighted by Crippen LogP contribution is 2.13. The third-order valence-corrected chi connectivity index (χ3v) is 2.61. The lowest BCUT2D eigenvalue weighted by atomic mass is 10.1. The lowest BCUT2D eigenvalue weighted by Gasteiger charge is -2.18. The summed E-state index contributed by atoms with van der Waals surface area (Å²) in [6, 6.07) is 8.48. The number of carbonyl (C=O) groups is 2. The molecule has 1 unspecified atom stereocenters. The smallest absolute Gasteiger partial charge is 0.247 e. The summed E-state index contributed by atoms with van der Waals surface area (Å²) in [5, 5.41) is 5.48. The Morgan fingerprint density at radius 2 is 1.89 bits per heavy atom. The van der Waals surface area contributed by atoms with Crippen LogP contribution in [0.15, 0.2) is 42.5 Å². The van der Waals surface area contributed by atoms with E-state index in [1.54, 1.807) is 6.92 Å². The van der Waals surface area contributed by atoms with Gasteiger partial charge in [-0.1, -0.05) is 43.8 Å². The number of amides is 2. The van der Waals surface area contributed by atoms with E-state index in [9.17, 15) is 9.59 Å². The van der Waals surface area contributed by atoms with Gasteiger partial charge in [0.2, 0.25) is 11.8 Å². The molecular weight excluding hydrogens is 240 g/mol. The first-order valence-corrected chi connectivity index (χ1v) is 6.35. The molecule has 0 aliphatic carbocycles. The predicted octanol–water partition coefficient (Wildman–Crippen LogP) is 1.95. The molecule has 1 rings (SSSR count). The zero-order chi connectivity index (χ0) is 14.3. The van der Waals surface area contributed by atoms with Crippen molar-refractivity contribution in [2.45, 2.75) is 26.3 Å².